The highest BCUT2D eigenvalue weighted by molar-refractivity contribution is 5.60. The van der Waals surface area contributed by atoms with E-state index in [1.165, 1.54) is 41.5 Å². The molecule has 208 valence electrons. The van der Waals surface area contributed by atoms with Gasteiger partial charge >= 0.3 is 0 Å². The first-order chi connectivity index (χ1) is 19.1. The van der Waals surface area contributed by atoms with E-state index < -0.39 is 0 Å². The average Bonchev–Trinajstić information content (AvgIpc) is 2.98. The molecule has 1 fully saturated rings. The third-order valence-electron chi connectivity index (χ3n) is 8.25. The third-order valence-corrected chi connectivity index (χ3v) is 8.25. The molecule has 3 N–H and O–H groups in total. The molecule has 6 heteroatoms. The van der Waals surface area contributed by atoms with Crippen molar-refractivity contribution < 1.29 is 19.7 Å². The van der Waals surface area contributed by atoms with Gasteiger partial charge < -0.3 is 29.9 Å². The molecule has 1 heterocycles. The van der Waals surface area contributed by atoms with Crippen molar-refractivity contribution in [3.05, 3.63) is 82.9 Å². The number of aryl methyl sites for hydroxylation is 1. The molecule has 0 amide bonds. The van der Waals surface area contributed by atoms with Gasteiger partial charge in [0.2, 0.25) is 0 Å². The van der Waals surface area contributed by atoms with Gasteiger partial charge in [0.15, 0.2) is 0 Å². The van der Waals surface area contributed by atoms with E-state index >= 15 is 0 Å². The van der Waals surface area contributed by atoms with Crippen LogP contribution in [0.3, 0.4) is 0 Å². The van der Waals surface area contributed by atoms with Crippen LogP contribution in [0.4, 0.5) is 5.69 Å². The molecule has 2 aliphatic rings. The Kier molecular flexibility index (Phi) is 9.27. The third kappa shape index (κ3) is 7.06. The fourth-order valence-corrected chi connectivity index (χ4v) is 6.08. The van der Waals surface area contributed by atoms with Crippen LogP contribution in [0, 0.1) is 0 Å². The summed E-state index contributed by atoms with van der Waals surface area (Å²) >= 11 is 0. The van der Waals surface area contributed by atoms with Gasteiger partial charge in [0.05, 0.1) is 20.3 Å². The number of aliphatic hydroxyl groups excluding tert-OH is 1. The second-order valence-corrected chi connectivity index (χ2v) is 10.9. The van der Waals surface area contributed by atoms with Crippen molar-refractivity contribution in [2.45, 2.75) is 63.5 Å². The molecule has 3 aromatic rings. The molecule has 5 rings (SSSR count). The second kappa shape index (κ2) is 13.2. The predicted octanol–water partition coefficient (Wildman–Crippen LogP) is 5.58. The average molecular weight is 531 g/mol. The van der Waals surface area contributed by atoms with Crippen LogP contribution in [-0.4, -0.2) is 49.7 Å². The zero-order valence-corrected chi connectivity index (χ0v) is 23.1. The lowest BCUT2D eigenvalue weighted by Crippen LogP contribution is -2.35. The molecule has 1 aliphatic carbocycles. The van der Waals surface area contributed by atoms with Crippen molar-refractivity contribution in [1.82, 2.24) is 5.32 Å². The minimum Gasteiger partial charge on any atom is -0.508 e. The number of rotatable bonds is 11. The lowest BCUT2D eigenvalue weighted by molar-refractivity contribution is 0.268. The maximum absolute atomic E-state index is 9.99. The van der Waals surface area contributed by atoms with Gasteiger partial charge in [-0.1, -0.05) is 30.7 Å². The van der Waals surface area contributed by atoms with Crippen LogP contribution in [0.25, 0.3) is 0 Å². The number of fused-ring (bicyclic) bond motifs is 1. The maximum atomic E-state index is 9.99. The Balaban J connectivity index is 1.29. The fourth-order valence-electron chi connectivity index (χ4n) is 6.08. The van der Waals surface area contributed by atoms with Gasteiger partial charge in [0.25, 0.3) is 0 Å². The lowest BCUT2D eigenvalue weighted by Gasteiger charge is -2.32. The summed E-state index contributed by atoms with van der Waals surface area (Å²) in [7, 11) is 1.70. The number of benzene rings is 3. The van der Waals surface area contributed by atoms with E-state index in [4.69, 9.17) is 9.47 Å². The van der Waals surface area contributed by atoms with Gasteiger partial charge in [-0.2, -0.15) is 0 Å². The summed E-state index contributed by atoms with van der Waals surface area (Å²) in [6.07, 6.45) is 7.77. The molecule has 0 spiro atoms. The molecule has 1 unspecified atom stereocenters. The van der Waals surface area contributed by atoms with Gasteiger partial charge in [0, 0.05) is 30.9 Å². The van der Waals surface area contributed by atoms with E-state index in [-0.39, 0.29) is 6.61 Å². The first-order valence-electron chi connectivity index (χ1n) is 14.4. The Morgan fingerprint density at radius 2 is 1.79 bits per heavy atom. The molecule has 39 heavy (non-hydrogen) atoms. The number of aromatic hydroxyl groups is 1. The number of ether oxygens (including phenoxy) is 2. The molecule has 1 aliphatic heterocycles. The van der Waals surface area contributed by atoms with Crippen LogP contribution >= 0.6 is 0 Å². The summed E-state index contributed by atoms with van der Waals surface area (Å²) in [5.41, 5.74) is 6.10. The van der Waals surface area contributed by atoms with Gasteiger partial charge in [-0.25, -0.2) is 0 Å². The minimum atomic E-state index is 0.0693. The number of nitrogens with one attached hydrogen (secondary N) is 1. The lowest BCUT2D eigenvalue weighted by atomic mass is 9.79. The highest BCUT2D eigenvalue weighted by Gasteiger charge is 2.25. The number of aliphatic hydroxyl groups is 1. The standard InChI is InChI=1S/C33H42N2O4/c1-38-31-13-14-32(27-8-7-26-21-29(37)10-9-25(26)20-27)33(22-31)35(17-18-36)23-24-5-11-30(12-6-24)39-19-15-28-4-2-3-16-34-28/h5-6,9-14,21-22,27-28,34,36-37H,2-4,7-8,15-20,23H2,1H3/t27?,28-/m1/s1. The van der Waals surface area contributed by atoms with Crippen molar-refractivity contribution >= 4 is 5.69 Å². The molecule has 6 nitrogen and oxygen atoms in total. The Hall–Kier alpha value is -3.22. The number of methoxy groups -OCH3 is 1. The monoisotopic (exact) mass is 530 g/mol. The summed E-state index contributed by atoms with van der Waals surface area (Å²) in [6.45, 7) is 3.14. The topological polar surface area (TPSA) is 74.2 Å². The van der Waals surface area contributed by atoms with Crippen molar-refractivity contribution in [3.8, 4) is 17.2 Å². The predicted molar refractivity (Wildman–Crippen MR) is 156 cm³/mol. The van der Waals surface area contributed by atoms with Crippen molar-refractivity contribution in [2.75, 3.05) is 38.3 Å². The van der Waals surface area contributed by atoms with E-state index in [1.807, 2.05) is 12.1 Å². The zero-order valence-electron chi connectivity index (χ0n) is 23.1. The van der Waals surface area contributed by atoms with Crippen LogP contribution in [0.2, 0.25) is 0 Å². The first kappa shape index (κ1) is 27.4. The number of piperidine rings is 1. The molecule has 3 aromatic carbocycles. The SMILES string of the molecule is COc1ccc(C2CCc3cc(O)ccc3C2)c(N(CCO)Cc2ccc(OCC[C@H]3CCCCN3)cc2)c1. The van der Waals surface area contributed by atoms with E-state index in [0.29, 0.717) is 30.8 Å². The summed E-state index contributed by atoms with van der Waals surface area (Å²) < 4.78 is 11.6. The van der Waals surface area contributed by atoms with Gasteiger partial charge in [0.1, 0.15) is 17.2 Å². The van der Waals surface area contributed by atoms with Gasteiger partial charge in [-0.05, 0) is 104 Å². The number of nitrogens with zero attached hydrogens (tertiary/aromatic N) is 1. The molecule has 0 radical (unpaired) electrons. The van der Waals surface area contributed by atoms with E-state index in [2.05, 4.69) is 52.7 Å². The van der Waals surface area contributed by atoms with Crippen LogP contribution in [0.5, 0.6) is 17.2 Å². The first-order valence-corrected chi connectivity index (χ1v) is 14.4. The van der Waals surface area contributed by atoms with Crippen molar-refractivity contribution in [3.63, 3.8) is 0 Å². The smallest absolute Gasteiger partial charge is 0.120 e. The van der Waals surface area contributed by atoms with E-state index in [1.54, 1.807) is 13.2 Å². The Morgan fingerprint density at radius 1 is 0.949 bits per heavy atom. The summed E-state index contributed by atoms with van der Waals surface area (Å²) in [5, 5.41) is 23.5. The van der Waals surface area contributed by atoms with Gasteiger partial charge in [-0.15, -0.1) is 0 Å². The van der Waals surface area contributed by atoms with Crippen LogP contribution in [-0.2, 0) is 19.4 Å². The van der Waals surface area contributed by atoms with Gasteiger partial charge in [-0.3, -0.25) is 0 Å². The molecule has 0 saturated carbocycles. The number of phenolic OH excluding ortho intramolecular Hbond substituents is 1. The molecule has 0 bridgehead atoms. The summed E-state index contributed by atoms with van der Waals surface area (Å²) in [4.78, 5) is 2.26. The Bertz CT molecular complexity index is 1210. The molecule has 1 saturated heterocycles. The van der Waals surface area contributed by atoms with E-state index in [0.717, 1.165) is 56.0 Å². The molecular weight excluding hydrogens is 488 g/mol. The Labute approximate surface area is 232 Å². The number of hydrogen-bond acceptors (Lipinski definition) is 6. The Morgan fingerprint density at radius 3 is 2.56 bits per heavy atom. The minimum absolute atomic E-state index is 0.0693. The molecular formula is C33H42N2O4. The summed E-state index contributed by atoms with van der Waals surface area (Å²) in [5.74, 6) is 2.41. The summed E-state index contributed by atoms with van der Waals surface area (Å²) in [6, 6.07) is 21.0. The fraction of sp³-hybridized carbons (Fsp3) is 0.455. The maximum Gasteiger partial charge on any atom is 0.120 e. The van der Waals surface area contributed by atoms with Crippen LogP contribution in [0.15, 0.2) is 60.7 Å². The largest absolute Gasteiger partial charge is 0.508 e. The number of anilines is 1. The normalized spacial score (nSPS) is 18.8. The highest BCUT2D eigenvalue weighted by Crippen LogP contribution is 2.40. The molecule has 0 aromatic heterocycles. The number of phenols is 1. The zero-order chi connectivity index (χ0) is 27.0. The van der Waals surface area contributed by atoms with E-state index in [9.17, 15) is 10.2 Å². The second-order valence-electron chi connectivity index (χ2n) is 10.9. The van der Waals surface area contributed by atoms with Crippen molar-refractivity contribution in [2.24, 2.45) is 0 Å². The highest BCUT2D eigenvalue weighted by atomic mass is 16.5. The van der Waals surface area contributed by atoms with Crippen LogP contribution < -0.4 is 19.7 Å². The van der Waals surface area contributed by atoms with Crippen LogP contribution in [0.1, 0.15) is 60.3 Å². The molecule has 2 atom stereocenters. The van der Waals surface area contributed by atoms with Crippen molar-refractivity contribution in [1.29, 1.82) is 0 Å². The number of hydrogen-bond donors (Lipinski definition) is 3. The quantitative estimate of drug-likeness (QED) is 0.300.